The summed E-state index contributed by atoms with van der Waals surface area (Å²) in [7, 11) is 0. The number of piperidine rings is 1. The van der Waals surface area contributed by atoms with Gasteiger partial charge in [0.05, 0.1) is 0 Å². The summed E-state index contributed by atoms with van der Waals surface area (Å²) in [6.45, 7) is 4.76. The van der Waals surface area contributed by atoms with Gasteiger partial charge in [0.2, 0.25) is 0 Å². The quantitative estimate of drug-likeness (QED) is 0.781. The van der Waals surface area contributed by atoms with Crippen LogP contribution in [-0.2, 0) is 5.41 Å². The number of hydrogen-bond donors (Lipinski definition) is 2. The van der Waals surface area contributed by atoms with Crippen LogP contribution >= 0.6 is 0 Å². The summed E-state index contributed by atoms with van der Waals surface area (Å²) in [5.41, 5.74) is 4.58. The molecule has 1 aromatic carbocycles. The Balaban J connectivity index is 1.71. The molecule has 3 fully saturated rings. The van der Waals surface area contributed by atoms with Gasteiger partial charge < -0.3 is 10.4 Å². The first-order chi connectivity index (χ1) is 10.8. The lowest BCUT2D eigenvalue weighted by atomic mass is 9.56. The summed E-state index contributed by atoms with van der Waals surface area (Å²) >= 11 is 0. The Hall–Kier alpha value is -1.32. The van der Waals surface area contributed by atoms with E-state index in [1.165, 1.54) is 30.6 Å². The second kappa shape index (κ2) is 4.36. The highest BCUT2D eigenvalue weighted by Gasteiger charge is 2.64. The van der Waals surface area contributed by atoms with E-state index < -0.39 is 0 Å². The van der Waals surface area contributed by atoms with Crippen LogP contribution in [-0.4, -0.2) is 41.8 Å². The smallest absolute Gasteiger partial charge is 0.0484 e. The predicted octanol–water partition coefficient (Wildman–Crippen LogP) is 2.38. The first kappa shape index (κ1) is 13.1. The van der Waals surface area contributed by atoms with Gasteiger partial charge >= 0.3 is 0 Å². The van der Waals surface area contributed by atoms with Crippen molar-refractivity contribution in [1.29, 1.82) is 0 Å². The van der Waals surface area contributed by atoms with Crippen LogP contribution in [0, 0.1) is 11.8 Å². The molecule has 4 aliphatic rings. The second-order valence-electron chi connectivity index (χ2n) is 7.50. The number of aliphatic hydroxyl groups is 1. The molecule has 2 saturated heterocycles. The highest BCUT2D eigenvalue weighted by atomic mass is 16.3. The number of rotatable bonds is 1. The van der Waals surface area contributed by atoms with E-state index in [1.807, 2.05) is 0 Å². The van der Waals surface area contributed by atoms with Crippen LogP contribution in [0.4, 0.5) is 5.69 Å². The molecule has 3 nitrogen and oxygen atoms in total. The molecule has 0 amide bonds. The van der Waals surface area contributed by atoms with Gasteiger partial charge in [0.1, 0.15) is 0 Å². The molecule has 2 N–H and O–H groups in total. The SMILES string of the molecule is C/C=C1\CN2CCC34c5ccccc5NC3C(CO)C1CC24. The third kappa shape index (κ3) is 1.35. The van der Waals surface area contributed by atoms with Gasteiger partial charge in [-0.05, 0) is 43.9 Å². The summed E-state index contributed by atoms with van der Waals surface area (Å²) in [5.74, 6) is 0.893. The second-order valence-corrected chi connectivity index (χ2v) is 7.50. The molecule has 0 aromatic heterocycles. The molecule has 3 aliphatic heterocycles. The number of fused-ring (bicyclic) bond motifs is 2. The van der Waals surface area contributed by atoms with Gasteiger partial charge in [-0.15, -0.1) is 0 Å². The average Bonchev–Trinajstić information content (AvgIpc) is 3.11. The maximum atomic E-state index is 10.2. The maximum absolute atomic E-state index is 10.2. The number of nitrogens with one attached hydrogen (secondary N) is 1. The molecule has 5 rings (SSSR count). The van der Waals surface area contributed by atoms with E-state index in [-0.39, 0.29) is 5.41 Å². The average molecular weight is 296 g/mol. The van der Waals surface area contributed by atoms with E-state index in [2.05, 4.69) is 47.5 Å². The summed E-state index contributed by atoms with van der Waals surface area (Å²) in [5, 5.41) is 14.0. The number of nitrogens with zero attached hydrogens (tertiary/aromatic N) is 1. The number of para-hydroxylation sites is 1. The molecule has 3 heteroatoms. The van der Waals surface area contributed by atoms with Crippen molar-refractivity contribution in [3.63, 3.8) is 0 Å². The van der Waals surface area contributed by atoms with Crippen molar-refractivity contribution >= 4 is 5.69 Å². The molecular weight excluding hydrogens is 272 g/mol. The minimum atomic E-state index is 0.222. The van der Waals surface area contributed by atoms with Gasteiger partial charge in [-0.25, -0.2) is 0 Å². The first-order valence-corrected chi connectivity index (χ1v) is 8.65. The Morgan fingerprint density at radius 2 is 2.27 bits per heavy atom. The van der Waals surface area contributed by atoms with Gasteiger partial charge in [0, 0.05) is 42.3 Å². The van der Waals surface area contributed by atoms with Crippen molar-refractivity contribution < 1.29 is 5.11 Å². The zero-order chi connectivity index (χ0) is 14.9. The Morgan fingerprint density at radius 3 is 3.09 bits per heavy atom. The number of allylic oxidation sites excluding steroid dienone is 1. The number of benzene rings is 1. The molecular formula is C19H24N2O. The van der Waals surface area contributed by atoms with E-state index in [0.29, 0.717) is 30.5 Å². The highest BCUT2D eigenvalue weighted by molar-refractivity contribution is 5.65. The minimum Gasteiger partial charge on any atom is -0.396 e. The van der Waals surface area contributed by atoms with Crippen molar-refractivity contribution in [1.82, 2.24) is 4.90 Å². The molecule has 22 heavy (non-hydrogen) atoms. The van der Waals surface area contributed by atoms with E-state index in [4.69, 9.17) is 0 Å². The zero-order valence-corrected chi connectivity index (χ0v) is 13.1. The molecule has 1 spiro atoms. The Labute approximate surface area is 132 Å². The molecule has 1 aromatic rings. The molecule has 1 saturated carbocycles. The molecule has 3 heterocycles. The lowest BCUT2D eigenvalue weighted by molar-refractivity contribution is 0.0298. The lowest BCUT2D eigenvalue weighted by Crippen LogP contribution is -2.62. The number of hydrogen-bond acceptors (Lipinski definition) is 3. The molecule has 1 aliphatic carbocycles. The molecule has 5 unspecified atom stereocenters. The van der Waals surface area contributed by atoms with Crippen LogP contribution in [0.25, 0.3) is 0 Å². The summed E-state index contributed by atoms with van der Waals surface area (Å²) in [6.07, 6.45) is 4.75. The van der Waals surface area contributed by atoms with Gasteiger partial charge in [-0.1, -0.05) is 29.8 Å². The highest BCUT2D eigenvalue weighted by Crippen LogP contribution is 2.60. The van der Waals surface area contributed by atoms with E-state index in [0.717, 1.165) is 6.54 Å². The predicted molar refractivity (Wildman–Crippen MR) is 87.9 cm³/mol. The first-order valence-electron chi connectivity index (χ1n) is 8.65. The third-order valence-corrected chi connectivity index (χ3v) is 7.01. The Morgan fingerprint density at radius 1 is 1.41 bits per heavy atom. The fourth-order valence-electron chi connectivity index (χ4n) is 6.13. The fourth-order valence-corrected chi connectivity index (χ4v) is 6.13. The van der Waals surface area contributed by atoms with Crippen LogP contribution in [0.1, 0.15) is 25.3 Å². The van der Waals surface area contributed by atoms with E-state index in [1.54, 1.807) is 5.57 Å². The van der Waals surface area contributed by atoms with Gasteiger partial charge in [0.25, 0.3) is 0 Å². The fraction of sp³-hybridized carbons (Fsp3) is 0.579. The Bertz CT molecular complexity index is 655. The van der Waals surface area contributed by atoms with Crippen molar-refractivity contribution in [2.75, 3.05) is 25.0 Å². The number of aliphatic hydroxyl groups excluding tert-OH is 1. The minimum absolute atomic E-state index is 0.222. The summed E-state index contributed by atoms with van der Waals surface area (Å²) in [4.78, 5) is 2.70. The van der Waals surface area contributed by atoms with Crippen LogP contribution in [0.2, 0.25) is 0 Å². The van der Waals surface area contributed by atoms with Gasteiger partial charge in [-0.3, -0.25) is 4.90 Å². The van der Waals surface area contributed by atoms with Gasteiger partial charge in [-0.2, -0.15) is 0 Å². The summed E-state index contributed by atoms with van der Waals surface area (Å²) in [6, 6.07) is 9.89. The molecule has 5 atom stereocenters. The van der Waals surface area contributed by atoms with Crippen molar-refractivity contribution in [3.8, 4) is 0 Å². The topological polar surface area (TPSA) is 35.5 Å². The van der Waals surface area contributed by atoms with Crippen molar-refractivity contribution in [3.05, 3.63) is 41.5 Å². The van der Waals surface area contributed by atoms with Gasteiger partial charge in [0.15, 0.2) is 0 Å². The standard InChI is InChI=1S/C19H24N2O/c1-2-12-10-21-8-7-19-15-5-3-4-6-16(15)20-18(19)14(11-22)13(12)9-17(19)21/h2-6,13-14,17-18,20,22H,7-11H2,1H3/b12-2+. The Kier molecular flexibility index (Phi) is 2.61. The van der Waals surface area contributed by atoms with Crippen LogP contribution in [0.3, 0.4) is 0 Å². The number of anilines is 1. The summed E-state index contributed by atoms with van der Waals surface area (Å²) < 4.78 is 0. The molecule has 0 radical (unpaired) electrons. The zero-order valence-electron chi connectivity index (χ0n) is 13.1. The van der Waals surface area contributed by atoms with Crippen molar-refractivity contribution in [2.45, 2.75) is 37.3 Å². The van der Waals surface area contributed by atoms with Crippen LogP contribution in [0.15, 0.2) is 35.9 Å². The molecule has 116 valence electrons. The largest absolute Gasteiger partial charge is 0.396 e. The molecule has 2 bridgehead atoms. The van der Waals surface area contributed by atoms with E-state index in [9.17, 15) is 5.11 Å². The monoisotopic (exact) mass is 296 g/mol. The van der Waals surface area contributed by atoms with Crippen molar-refractivity contribution in [2.24, 2.45) is 11.8 Å². The lowest BCUT2D eigenvalue weighted by Gasteiger charge is -2.54. The third-order valence-electron chi connectivity index (χ3n) is 7.01. The van der Waals surface area contributed by atoms with E-state index >= 15 is 0 Å². The normalized spacial score (nSPS) is 43.8. The van der Waals surface area contributed by atoms with Crippen LogP contribution < -0.4 is 5.32 Å². The van der Waals surface area contributed by atoms with Crippen LogP contribution in [0.5, 0.6) is 0 Å². The maximum Gasteiger partial charge on any atom is 0.0484 e.